The van der Waals surface area contributed by atoms with Gasteiger partial charge in [-0.3, -0.25) is 0 Å². The van der Waals surface area contributed by atoms with Gasteiger partial charge in [0, 0.05) is 12.6 Å². The molecule has 0 bridgehead atoms. The molecule has 0 atom stereocenters. The van der Waals surface area contributed by atoms with Gasteiger partial charge in [-0.15, -0.1) is 12.4 Å². The number of benzene rings is 1. The van der Waals surface area contributed by atoms with Crippen LogP contribution >= 0.6 is 35.6 Å². The van der Waals surface area contributed by atoms with Crippen LogP contribution in [-0.2, 0) is 10.0 Å². The first kappa shape index (κ1) is 20.8. The average molecular weight is 404 g/mol. The van der Waals surface area contributed by atoms with Crippen molar-refractivity contribution in [1.82, 2.24) is 10.0 Å². The van der Waals surface area contributed by atoms with E-state index in [0.29, 0.717) is 12.3 Å². The molecule has 1 heterocycles. The summed E-state index contributed by atoms with van der Waals surface area (Å²) in [6, 6.07) is 2.72. The van der Waals surface area contributed by atoms with Crippen molar-refractivity contribution in [3.63, 3.8) is 0 Å². The third-order valence-electron chi connectivity index (χ3n) is 4.00. The van der Waals surface area contributed by atoms with E-state index in [-0.39, 0.29) is 32.8 Å². The molecule has 2 rings (SSSR count). The van der Waals surface area contributed by atoms with Crippen LogP contribution in [0.3, 0.4) is 0 Å². The van der Waals surface area contributed by atoms with Crippen molar-refractivity contribution in [3.05, 3.63) is 22.2 Å². The molecule has 1 aromatic carbocycles. The highest BCUT2D eigenvalue weighted by Gasteiger charge is 2.29. The SMILES string of the molecule is COc1cc(Cl)c(S(=O)(=O)NCC2(C)CCNCC2)cc1Cl.Cl. The summed E-state index contributed by atoms with van der Waals surface area (Å²) < 4.78 is 32.6. The number of methoxy groups -OCH3 is 1. The Morgan fingerprint density at radius 1 is 1.26 bits per heavy atom. The minimum absolute atomic E-state index is 0. The first-order chi connectivity index (χ1) is 10.3. The van der Waals surface area contributed by atoms with Crippen LogP contribution in [0, 0.1) is 5.41 Å². The van der Waals surface area contributed by atoms with Crippen molar-refractivity contribution in [3.8, 4) is 5.75 Å². The zero-order chi connectivity index (χ0) is 16.4. The molecule has 2 N–H and O–H groups in total. The summed E-state index contributed by atoms with van der Waals surface area (Å²) >= 11 is 12.1. The number of hydrogen-bond donors (Lipinski definition) is 2. The lowest BCUT2D eigenvalue weighted by Gasteiger charge is -2.34. The third kappa shape index (κ3) is 5.11. The topological polar surface area (TPSA) is 67.4 Å². The second-order valence-electron chi connectivity index (χ2n) is 5.80. The number of halogens is 3. The fourth-order valence-corrected chi connectivity index (χ4v) is 4.47. The molecule has 0 saturated carbocycles. The minimum atomic E-state index is -3.72. The lowest BCUT2D eigenvalue weighted by Crippen LogP contribution is -2.42. The van der Waals surface area contributed by atoms with Crippen molar-refractivity contribution in [2.45, 2.75) is 24.7 Å². The summed E-state index contributed by atoms with van der Waals surface area (Å²) in [7, 11) is -2.27. The Bertz CT molecular complexity index is 647. The smallest absolute Gasteiger partial charge is 0.242 e. The van der Waals surface area contributed by atoms with E-state index in [1.807, 2.05) is 0 Å². The van der Waals surface area contributed by atoms with Gasteiger partial charge in [-0.25, -0.2) is 13.1 Å². The Hall–Kier alpha value is -0.240. The maximum Gasteiger partial charge on any atom is 0.242 e. The van der Waals surface area contributed by atoms with E-state index in [1.165, 1.54) is 19.2 Å². The van der Waals surface area contributed by atoms with Crippen molar-refractivity contribution >= 4 is 45.6 Å². The highest BCUT2D eigenvalue weighted by molar-refractivity contribution is 7.89. The monoisotopic (exact) mass is 402 g/mol. The van der Waals surface area contributed by atoms with Gasteiger partial charge in [0.25, 0.3) is 0 Å². The Kier molecular flexibility index (Phi) is 7.44. The van der Waals surface area contributed by atoms with E-state index in [4.69, 9.17) is 27.9 Å². The number of sulfonamides is 1. The van der Waals surface area contributed by atoms with Crippen molar-refractivity contribution in [2.24, 2.45) is 5.41 Å². The van der Waals surface area contributed by atoms with Gasteiger partial charge < -0.3 is 10.1 Å². The molecule has 5 nitrogen and oxygen atoms in total. The molecule has 0 spiro atoms. The highest BCUT2D eigenvalue weighted by Crippen LogP contribution is 2.34. The van der Waals surface area contributed by atoms with Crippen LogP contribution in [0.4, 0.5) is 0 Å². The van der Waals surface area contributed by atoms with E-state index < -0.39 is 10.0 Å². The number of piperidine rings is 1. The van der Waals surface area contributed by atoms with Crippen molar-refractivity contribution in [2.75, 3.05) is 26.7 Å². The summed E-state index contributed by atoms with van der Waals surface area (Å²) in [5.41, 5.74) is -0.0545. The minimum Gasteiger partial charge on any atom is -0.495 e. The predicted molar refractivity (Wildman–Crippen MR) is 95.7 cm³/mol. The first-order valence-electron chi connectivity index (χ1n) is 7.01. The number of ether oxygens (including phenoxy) is 1. The second-order valence-corrected chi connectivity index (χ2v) is 8.35. The lowest BCUT2D eigenvalue weighted by atomic mass is 9.81. The summed E-state index contributed by atoms with van der Waals surface area (Å²) in [5.74, 6) is 0.343. The molecule has 23 heavy (non-hydrogen) atoms. The molecule has 1 fully saturated rings. The maximum atomic E-state index is 12.5. The van der Waals surface area contributed by atoms with Crippen LogP contribution in [0.15, 0.2) is 17.0 Å². The molecule has 1 aliphatic rings. The van der Waals surface area contributed by atoms with Gasteiger partial charge in [0.2, 0.25) is 10.0 Å². The normalized spacial score (nSPS) is 17.4. The van der Waals surface area contributed by atoms with Crippen LogP contribution in [0.1, 0.15) is 19.8 Å². The Morgan fingerprint density at radius 2 is 1.87 bits per heavy atom. The fourth-order valence-electron chi connectivity index (χ4n) is 2.43. The average Bonchev–Trinajstić information content (AvgIpc) is 2.48. The van der Waals surface area contributed by atoms with Crippen molar-refractivity contribution in [1.29, 1.82) is 0 Å². The number of hydrogen-bond acceptors (Lipinski definition) is 4. The predicted octanol–water partition coefficient (Wildman–Crippen LogP) is 3.09. The highest BCUT2D eigenvalue weighted by atomic mass is 35.5. The molecular formula is C14H21Cl3N2O3S. The Labute approximate surface area is 153 Å². The molecule has 0 unspecified atom stereocenters. The number of rotatable bonds is 5. The van der Waals surface area contributed by atoms with Crippen LogP contribution in [0.5, 0.6) is 5.75 Å². The first-order valence-corrected chi connectivity index (χ1v) is 9.25. The number of nitrogens with one attached hydrogen (secondary N) is 2. The third-order valence-corrected chi connectivity index (χ3v) is 6.16. The van der Waals surface area contributed by atoms with Gasteiger partial charge in [-0.05, 0) is 37.4 Å². The molecule has 0 radical (unpaired) electrons. The van der Waals surface area contributed by atoms with Crippen molar-refractivity contribution < 1.29 is 13.2 Å². The molecule has 0 aromatic heterocycles. The lowest BCUT2D eigenvalue weighted by molar-refractivity contribution is 0.232. The summed E-state index contributed by atoms with van der Waals surface area (Å²) in [6.07, 6.45) is 1.85. The van der Waals surface area contributed by atoms with Gasteiger partial charge in [0.05, 0.1) is 17.2 Å². The Morgan fingerprint density at radius 3 is 2.43 bits per heavy atom. The quantitative estimate of drug-likeness (QED) is 0.793. The van der Waals surface area contributed by atoms with E-state index >= 15 is 0 Å². The fraction of sp³-hybridized carbons (Fsp3) is 0.571. The zero-order valence-electron chi connectivity index (χ0n) is 13.0. The van der Waals surface area contributed by atoms with Gasteiger partial charge in [0.1, 0.15) is 10.6 Å². The molecule has 9 heteroatoms. The molecule has 1 aliphatic heterocycles. The maximum absolute atomic E-state index is 12.5. The molecule has 0 amide bonds. The molecule has 1 aromatic rings. The van der Waals surface area contributed by atoms with Crippen LogP contribution in [0.2, 0.25) is 10.0 Å². The zero-order valence-corrected chi connectivity index (χ0v) is 16.1. The summed E-state index contributed by atoms with van der Waals surface area (Å²) in [5, 5.41) is 3.56. The van der Waals surface area contributed by atoms with E-state index in [1.54, 1.807) is 0 Å². The summed E-state index contributed by atoms with van der Waals surface area (Å²) in [6.45, 7) is 4.25. The van der Waals surface area contributed by atoms with E-state index in [2.05, 4.69) is 17.0 Å². The van der Waals surface area contributed by atoms with Gasteiger partial charge in [-0.2, -0.15) is 0 Å². The van der Waals surface area contributed by atoms with Crippen LogP contribution in [0.25, 0.3) is 0 Å². The van der Waals surface area contributed by atoms with Crippen LogP contribution in [-0.4, -0.2) is 35.2 Å². The van der Waals surface area contributed by atoms with Gasteiger partial charge in [0.15, 0.2) is 0 Å². The molecule has 1 saturated heterocycles. The van der Waals surface area contributed by atoms with E-state index in [0.717, 1.165) is 25.9 Å². The Balaban J connectivity index is 0.00000264. The molecular weight excluding hydrogens is 383 g/mol. The standard InChI is InChI=1S/C14H20Cl2N2O3S.ClH/c1-14(3-5-17-6-4-14)9-18-22(19,20)13-8-10(15)12(21-2)7-11(13)16;/h7-8,17-18H,3-6,9H2,1-2H3;1H. The van der Waals surface area contributed by atoms with E-state index in [9.17, 15) is 8.42 Å². The summed E-state index contributed by atoms with van der Waals surface area (Å²) in [4.78, 5) is -0.0301. The largest absolute Gasteiger partial charge is 0.495 e. The van der Waals surface area contributed by atoms with Gasteiger partial charge >= 0.3 is 0 Å². The molecule has 0 aliphatic carbocycles. The van der Waals surface area contributed by atoms with Crippen LogP contribution < -0.4 is 14.8 Å². The molecule has 132 valence electrons. The second kappa shape index (κ2) is 8.23. The van der Waals surface area contributed by atoms with Gasteiger partial charge in [-0.1, -0.05) is 30.1 Å².